The molecule has 4 heteroatoms. The summed E-state index contributed by atoms with van der Waals surface area (Å²) in [7, 11) is 0. The summed E-state index contributed by atoms with van der Waals surface area (Å²) in [6, 6.07) is 12.7. The molecule has 0 amide bonds. The number of benzene rings is 2. The van der Waals surface area contributed by atoms with Crippen LogP contribution in [0.3, 0.4) is 0 Å². The van der Waals surface area contributed by atoms with Crippen molar-refractivity contribution in [3.05, 3.63) is 68.7 Å². The third kappa shape index (κ3) is 3.94. The van der Waals surface area contributed by atoms with E-state index in [0.717, 1.165) is 43.2 Å². The van der Waals surface area contributed by atoms with E-state index in [4.69, 9.17) is 23.2 Å². The number of nitrogens with zero attached hydrogens (tertiary/aromatic N) is 1. The number of hydrogen-bond donors (Lipinski definition) is 1. The van der Waals surface area contributed by atoms with Crippen molar-refractivity contribution in [2.45, 2.75) is 26.3 Å². The van der Waals surface area contributed by atoms with E-state index >= 15 is 0 Å². The predicted molar refractivity (Wildman–Crippen MR) is 103 cm³/mol. The average Bonchev–Trinajstić information content (AvgIpc) is 2.82. The van der Waals surface area contributed by atoms with Crippen LogP contribution < -0.4 is 5.32 Å². The largest absolute Gasteiger partial charge is 0.315 e. The number of nitrogens with one attached hydrogen (secondary N) is 1. The first-order valence-corrected chi connectivity index (χ1v) is 9.29. The lowest BCUT2D eigenvalue weighted by Crippen LogP contribution is -2.33. The Morgan fingerprint density at radius 2 is 1.79 bits per heavy atom. The molecule has 0 aliphatic carbocycles. The van der Waals surface area contributed by atoms with Crippen molar-refractivity contribution < 1.29 is 0 Å². The summed E-state index contributed by atoms with van der Waals surface area (Å²) in [5, 5.41) is 4.91. The van der Waals surface area contributed by atoms with E-state index in [1.165, 1.54) is 16.7 Å². The average molecular weight is 363 g/mol. The standard InChI is InChI=1S/C20H24Cl2N2/c1-14-4-5-15(2)18(12-14)20(24-10-3-8-23-9-11-24)17-7-6-16(21)13-19(17)22/h4-7,12-13,20,23H,3,8-11H2,1-2H3. The highest BCUT2D eigenvalue weighted by molar-refractivity contribution is 6.35. The summed E-state index contributed by atoms with van der Waals surface area (Å²) >= 11 is 12.7. The Kier molecular flexibility index (Phi) is 5.83. The van der Waals surface area contributed by atoms with Crippen molar-refractivity contribution in [2.75, 3.05) is 26.2 Å². The van der Waals surface area contributed by atoms with Crippen molar-refractivity contribution in [2.24, 2.45) is 0 Å². The topological polar surface area (TPSA) is 15.3 Å². The molecule has 1 N–H and O–H groups in total. The predicted octanol–water partition coefficient (Wildman–Crippen LogP) is 4.99. The molecular weight excluding hydrogens is 339 g/mol. The molecule has 1 fully saturated rings. The Bertz CT molecular complexity index is 707. The third-order valence-corrected chi connectivity index (χ3v) is 5.29. The van der Waals surface area contributed by atoms with Gasteiger partial charge in [-0.25, -0.2) is 0 Å². The van der Waals surface area contributed by atoms with Crippen molar-refractivity contribution in [3.8, 4) is 0 Å². The van der Waals surface area contributed by atoms with Crippen molar-refractivity contribution in [3.63, 3.8) is 0 Å². The van der Waals surface area contributed by atoms with Gasteiger partial charge in [-0.3, -0.25) is 4.90 Å². The molecule has 0 radical (unpaired) electrons. The molecule has 2 aromatic carbocycles. The fourth-order valence-electron chi connectivity index (χ4n) is 3.46. The van der Waals surface area contributed by atoms with Crippen LogP contribution >= 0.6 is 23.2 Å². The second kappa shape index (κ2) is 7.88. The quantitative estimate of drug-likeness (QED) is 0.826. The first kappa shape index (κ1) is 17.8. The number of hydrogen-bond acceptors (Lipinski definition) is 2. The molecule has 0 aromatic heterocycles. The van der Waals surface area contributed by atoms with Gasteiger partial charge in [0.2, 0.25) is 0 Å². The van der Waals surface area contributed by atoms with E-state index in [-0.39, 0.29) is 6.04 Å². The molecule has 1 aliphatic heterocycles. The highest BCUT2D eigenvalue weighted by atomic mass is 35.5. The van der Waals surface area contributed by atoms with Crippen LogP contribution in [0, 0.1) is 13.8 Å². The normalized spacial score (nSPS) is 17.5. The van der Waals surface area contributed by atoms with E-state index in [2.05, 4.69) is 48.3 Å². The SMILES string of the molecule is Cc1ccc(C)c(C(c2ccc(Cl)cc2Cl)N2CCCNCC2)c1. The van der Waals surface area contributed by atoms with Crippen LogP contribution in [-0.2, 0) is 0 Å². The molecule has 24 heavy (non-hydrogen) atoms. The van der Waals surface area contributed by atoms with Gasteiger partial charge in [-0.1, -0.05) is 53.0 Å². The summed E-state index contributed by atoms with van der Waals surface area (Å²) in [5.41, 5.74) is 5.05. The first-order valence-electron chi connectivity index (χ1n) is 8.53. The minimum absolute atomic E-state index is 0.162. The van der Waals surface area contributed by atoms with E-state index in [9.17, 15) is 0 Å². The fraction of sp³-hybridized carbons (Fsp3) is 0.400. The molecule has 128 valence electrons. The summed E-state index contributed by atoms with van der Waals surface area (Å²) in [5.74, 6) is 0. The van der Waals surface area contributed by atoms with Gasteiger partial charge in [0.15, 0.2) is 0 Å². The zero-order valence-electron chi connectivity index (χ0n) is 14.3. The number of rotatable bonds is 3. The molecule has 0 saturated carbocycles. The molecule has 3 rings (SSSR count). The van der Waals surface area contributed by atoms with Crippen LogP contribution in [0.25, 0.3) is 0 Å². The molecule has 1 saturated heterocycles. The van der Waals surface area contributed by atoms with Crippen LogP contribution in [-0.4, -0.2) is 31.1 Å². The molecule has 0 spiro atoms. The highest BCUT2D eigenvalue weighted by Crippen LogP contribution is 2.36. The van der Waals surface area contributed by atoms with Gasteiger partial charge in [0.25, 0.3) is 0 Å². The third-order valence-electron chi connectivity index (χ3n) is 4.73. The molecular formula is C20H24Cl2N2. The highest BCUT2D eigenvalue weighted by Gasteiger charge is 2.26. The van der Waals surface area contributed by atoms with Crippen LogP contribution in [0.4, 0.5) is 0 Å². The van der Waals surface area contributed by atoms with Crippen LogP contribution in [0.2, 0.25) is 10.0 Å². The number of aryl methyl sites for hydroxylation is 2. The molecule has 2 aromatic rings. The summed E-state index contributed by atoms with van der Waals surface area (Å²) in [6.45, 7) is 8.48. The fourth-order valence-corrected chi connectivity index (χ4v) is 3.98. The lowest BCUT2D eigenvalue weighted by atomic mass is 9.92. The summed E-state index contributed by atoms with van der Waals surface area (Å²) in [6.07, 6.45) is 1.15. The monoisotopic (exact) mass is 362 g/mol. The van der Waals surface area contributed by atoms with Crippen molar-refractivity contribution >= 4 is 23.2 Å². The van der Waals surface area contributed by atoms with Crippen LogP contribution in [0.15, 0.2) is 36.4 Å². The van der Waals surface area contributed by atoms with E-state index in [1.54, 1.807) is 0 Å². The maximum atomic E-state index is 6.60. The second-order valence-electron chi connectivity index (χ2n) is 6.57. The lowest BCUT2D eigenvalue weighted by molar-refractivity contribution is 0.240. The minimum Gasteiger partial charge on any atom is -0.315 e. The van der Waals surface area contributed by atoms with Gasteiger partial charge >= 0.3 is 0 Å². The Morgan fingerprint density at radius 1 is 0.958 bits per heavy atom. The summed E-state index contributed by atoms with van der Waals surface area (Å²) in [4.78, 5) is 2.54. The Hall–Kier alpha value is -1.06. The van der Waals surface area contributed by atoms with Gasteiger partial charge in [-0.15, -0.1) is 0 Å². The maximum absolute atomic E-state index is 6.60. The van der Waals surface area contributed by atoms with E-state index in [1.807, 2.05) is 12.1 Å². The van der Waals surface area contributed by atoms with Gasteiger partial charge in [0.05, 0.1) is 6.04 Å². The molecule has 0 bridgehead atoms. The molecule has 1 unspecified atom stereocenters. The zero-order chi connectivity index (χ0) is 17.1. The summed E-state index contributed by atoms with van der Waals surface area (Å²) < 4.78 is 0. The van der Waals surface area contributed by atoms with E-state index < -0.39 is 0 Å². The smallest absolute Gasteiger partial charge is 0.0619 e. The van der Waals surface area contributed by atoms with Crippen LogP contribution in [0.1, 0.15) is 34.7 Å². The Morgan fingerprint density at radius 3 is 2.58 bits per heavy atom. The zero-order valence-corrected chi connectivity index (χ0v) is 15.8. The first-order chi connectivity index (χ1) is 11.6. The van der Waals surface area contributed by atoms with E-state index in [0.29, 0.717) is 5.02 Å². The molecule has 1 aliphatic rings. The maximum Gasteiger partial charge on any atom is 0.0619 e. The number of halogens is 2. The Balaban J connectivity index is 2.10. The van der Waals surface area contributed by atoms with Crippen molar-refractivity contribution in [1.29, 1.82) is 0 Å². The molecule has 1 atom stereocenters. The van der Waals surface area contributed by atoms with Gasteiger partial charge < -0.3 is 5.32 Å². The lowest BCUT2D eigenvalue weighted by Gasteiger charge is -2.33. The van der Waals surface area contributed by atoms with Crippen LogP contribution in [0.5, 0.6) is 0 Å². The van der Waals surface area contributed by atoms with Gasteiger partial charge in [-0.05, 0) is 55.6 Å². The Labute approximate surface area is 154 Å². The van der Waals surface area contributed by atoms with Crippen molar-refractivity contribution in [1.82, 2.24) is 10.2 Å². The van der Waals surface area contributed by atoms with Gasteiger partial charge in [-0.2, -0.15) is 0 Å². The minimum atomic E-state index is 0.162. The molecule has 1 heterocycles. The van der Waals surface area contributed by atoms with Gasteiger partial charge in [0.1, 0.15) is 0 Å². The molecule has 2 nitrogen and oxygen atoms in total. The second-order valence-corrected chi connectivity index (χ2v) is 7.41. The van der Waals surface area contributed by atoms with Gasteiger partial charge in [0, 0.05) is 29.7 Å².